The van der Waals surface area contributed by atoms with Gasteiger partial charge in [-0.2, -0.15) is 14.0 Å². The van der Waals surface area contributed by atoms with Crippen LogP contribution in [0.3, 0.4) is 0 Å². The van der Waals surface area contributed by atoms with Crippen LogP contribution in [0.15, 0.2) is 23.4 Å². The van der Waals surface area contributed by atoms with Crippen LogP contribution in [-0.2, 0) is 9.53 Å². The van der Waals surface area contributed by atoms with Crippen LogP contribution in [0.1, 0.15) is 36.0 Å². The number of hydrogen-bond acceptors (Lipinski definition) is 6. The Kier molecular flexibility index (Phi) is 6.09. The molecule has 1 aliphatic rings. The number of nitrogens with one attached hydrogen (secondary N) is 1. The van der Waals surface area contributed by atoms with Crippen molar-refractivity contribution in [1.82, 2.24) is 10.3 Å². The highest BCUT2D eigenvalue weighted by Gasteiger charge is 2.35. The van der Waals surface area contributed by atoms with E-state index in [1.165, 1.54) is 18.3 Å². The Labute approximate surface area is 141 Å². The molecule has 1 aromatic heterocycles. The molecule has 1 aromatic rings. The lowest BCUT2D eigenvalue weighted by Crippen LogP contribution is -2.46. The van der Waals surface area contributed by atoms with Gasteiger partial charge in [0.05, 0.1) is 11.6 Å². The summed E-state index contributed by atoms with van der Waals surface area (Å²) < 4.78 is 29.8. The molecule has 0 atom stereocenters. The van der Waals surface area contributed by atoms with Gasteiger partial charge in [-0.1, -0.05) is 0 Å². The number of hydrogen-bond donors (Lipinski definition) is 1. The van der Waals surface area contributed by atoms with Crippen LogP contribution in [-0.4, -0.2) is 34.8 Å². The molecule has 1 N–H and O–H groups in total. The molecule has 1 heterocycles. The molecule has 1 fully saturated rings. The lowest BCUT2D eigenvalue weighted by molar-refractivity contribution is -0.125. The molecule has 2 rings (SSSR count). The Morgan fingerprint density at radius 1 is 1.46 bits per heavy atom. The van der Waals surface area contributed by atoms with Crippen LogP contribution in [0.2, 0.25) is 0 Å². The summed E-state index contributed by atoms with van der Waals surface area (Å²) >= 11 is 0.128. The van der Waals surface area contributed by atoms with Crippen molar-refractivity contribution in [3.8, 4) is 6.07 Å². The summed E-state index contributed by atoms with van der Waals surface area (Å²) in [6, 6.07) is 4.80. The topological polar surface area (TPSA) is 92.1 Å². The van der Waals surface area contributed by atoms with Crippen molar-refractivity contribution in [1.29, 1.82) is 5.26 Å². The number of pyridine rings is 1. The van der Waals surface area contributed by atoms with Crippen molar-refractivity contribution >= 4 is 23.6 Å². The van der Waals surface area contributed by atoms with E-state index in [0.717, 1.165) is 12.8 Å². The number of carbonyl (C=O) groups excluding carboxylic acids is 2. The molecule has 24 heavy (non-hydrogen) atoms. The maximum atomic E-state index is 12.5. The predicted octanol–water partition coefficient (Wildman–Crippen LogP) is 2.51. The van der Waals surface area contributed by atoms with Gasteiger partial charge in [-0.25, -0.2) is 9.78 Å². The quantitative estimate of drug-likeness (QED) is 0.623. The third kappa shape index (κ3) is 4.64. The summed E-state index contributed by atoms with van der Waals surface area (Å²) in [6.45, 7) is -0.587. The van der Waals surface area contributed by atoms with Gasteiger partial charge in [-0.15, -0.1) is 0 Å². The van der Waals surface area contributed by atoms with Crippen molar-refractivity contribution in [3.63, 3.8) is 0 Å². The van der Waals surface area contributed by atoms with Gasteiger partial charge in [0.25, 0.3) is 11.7 Å². The van der Waals surface area contributed by atoms with Crippen molar-refractivity contribution in [2.45, 2.75) is 42.0 Å². The second-order valence-corrected chi connectivity index (χ2v) is 6.24. The van der Waals surface area contributed by atoms with E-state index < -0.39 is 29.8 Å². The molecular weight excluding hydrogens is 340 g/mol. The normalized spacial score (nSPS) is 15.8. The van der Waals surface area contributed by atoms with E-state index in [2.05, 4.69) is 16.4 Å². The highest BCUT2D eigenvalue weighted by atomic mass is 32.2. The average molecular weight is 355 g/mol. The lowest BCUT2D eigenvalue weighted by Gasteiger charge is -2.21. The van der Waals surface area contributed by atoms with E-state index in [4.69, 9.17) is 4.74 Å². The molecule has 0 unspecified atom stereocenters. The van der Waals surface area contributed by atoms with Crippen LogP contribution in [0.5, 0.6) is 0 Å². The Morgan fingerprint density at radius 3 is 2.79 bits per heavy atom. The third-order valence-electron chi connectivity index (χ3n) is 3.58. The molecule has 128 valence electrons. The minimum atomic E-state index is -2.73. The van der Waals surface area contributed by atoms with Gasteiger partial charge in [0, 0.05) is 6.20 Å². The van der Waals surface area contributed by atoms with Crippen molar-refractivity contribution in [2.75, 3.05) is 6.61 Å². The second-order valence-electron chi connectivity index (χ2n) is 5.26. The second kappa shape index (κ2) is 8.06. The number of rotatable bonds is 6. The van der Waals surface area contributed by atoms with Gasteiger partial charge >= 0.3 is 5.97 Å². The van der Waals surface area contributed by atoms with Crippen LogP contribution >= 0.6 is 11.8 Å². The van der Waals surface area contributed by atoms with Gasteiger partial charge < -0.3 is 10.1 Å². The SMILES string of the molecule is N#CC1(NC(=O)COC(=O)c2cccnc2SC(F)F)CCCC1. The summed E-state index contributed by atoms with van der Waals surface area (Å²) in [6.07, 6.45) is 4.09. The molecule has 0 radical (unpaired) electrons. The van der Waals surface area contributed by atoms with Crippen molar-refractivity contribution in [3.05, 3.63) is 23.9 Å². The number of nitriles is 1. The summed E-state index contributed by atoms with van der Waals surface area (Å²) in [7, 11) is 0. The van der Waals surface area contributed by atoms with Crippen LogP contribution in [0.25, 0.3) is 0 Å². The first-order chi connectivity index (χ1) is 11.5. The third-order valence-corrected chi connectivity index (χ3v) is 4.30. The maximum absolute atomic E-state index is 12.5. The molecule has 0 spiro atoms. The summed E-state index contributed by atoms with van der Waals surface area (Å²) in [5.74, 6) is -4.25. The van der Waals surface area contributed by atoms with E-state index in [9.17, 15) is 23.6 Å². The summed E-state index contributed by atoms with van der Waals surface area (Å²) in [5.41, 5.74) is -1.04. The minimum absolute atomic E-state index is 0.128. The first-order valence-electron chi connectivity index (χ1n) is 7.25. The first-order valence-corrected chi connectivity index (χ1v) is 8.13. The Morgan fingerprint density at radius 2 is 2.17 bits per heavy atom. The van der Waals surface area contributed by atoms with E-state index in [0.29, 0.717) is 12.8 Å². The number of amides is 1. The number of ether oxygens (including phenoxy) is 1. The molecule has 0 saturated heterocycles. The number of halogens is 2. The highest BCUT2D eigenvalue weighted by Crippen LogP contribution is 2.29. The molecule has 6 nitrogen and oxygen atoms in total. The van der Waals surface area contributed by atoms with Crippen molar-refractivity contribution in [2.24, 2.45) is 0 Å². The van der Waals surface area contributed by atoms with Gasteiger partial charge in [0.15, 0.2) is 6.61 Å². The molecule has 9 heteroatoms. The molecule has 0 bridgehead atoms. The zero-order chi connectivity index (χ0) is 17.6. The number of aromatic nitrogens is 1. The average Bonchev–Trinajstić information content (AvgIpc) is 3.01. The van der Waals surface area contributed by atoms with E-state index >= 15 is 0 Å². The Balaban J connectivity index is 1.94. The predicted molar refractivity (Wildman–Crippen MR) is 81.3 cm³/mol. The summed E-state index contributed by atoms with van der Waals surface area (Å²) in [5, 5.41) is 11.6. The van der Waals surface area contributed by atoms with E-state index in [-0.39, 0.29) is 22.4 Å². The largest absolute Gasteiger partial charge is 0.452 e. The maximum Gasteiger partial charge on any atom is 0.341 e. The van der Waals surface area contributed by atoms with Gasteiger partial charge in [-0.3, -0.25) is 4.79 Å². The van der Waals surface area contributed by atoms with E-state index in [1.807, 2.05) is 0 Å². The number of carbonyl (C=O) groups is 2. The molecule has 0 aromatic carbocycles. The molecule has 0 aliphatic heterocycles. The molecule has 1 amide bonds. The van der Waals surface area contributed by atoms with Crippen LogP contribution < -0.4 is 5.32 Å². The zero-order valence-electron chi connectivity index (χ0n) is 12.6. The molecule has 1 aliphatic carbocycles. The minimum Gasteiger partial charge on any atom is -0.452 e. The van der Waals surface area contributed by atoms with Crippen LogP contribution in [0, 0.1) is 11.3 Å². The molecular formula is C15H15F2N3O3S. The molecule has 1 saturated carbocycles. The van der Waals surface area contributed by atoms with Crippen LogP contribution in [0.4, 0.5) is 8.78 Å². The fourth-order valence-electron chi connectivity index (χ4n) is 2.48. The van der Waals surface area contributed by atoms with Gasteiger partial charge in [0.2, 0.25) is 0 Å². The first kappa shape index (κ1) is 18.1. The lowest BCUT2D eigenvalue weighted by atomic mass is 10.00. The highest BCUT2D eigenvalue weighted by molar-refractivity contribution is 7.99. The van der Waals surface area contributed by atoms with Gasteiger partial charge in [-0.05, 0) is 49.6 Å². The summed E-state index contributed by atoms with van der Waals surface area (Å²) in [4.78, 5) is 27.6. The Hall–Kier alpha value is -2.21. The van der Waals surface area contributed by atoms with Gasteiger partial charge in [0.1, 0.15) is 10.6 Å². The number of nitrogens with zero attached hydrogens (tertiary/aromatic N) is 2. The number of esters is 1. The van der Waals surface area contributed by atoms with Crippen molar-refractivity contribution < 1.29 is 23.1 Å². The number of alkyl halides is 2. The smallest absolute Gasteiger partial charge is 0.341 e. The fourth-order valence-corrected chi connectivity index (χ4v) is 3.05. The Bertz CT molecular complexity index is 658. The monoisotopic (exact) mass is 355 g/mol. The fraction of sp³-hybridized carbons (Fsp3) is 0.467. The van der Waals surface area contributed by atoms with E-state index in [1.54, 1.807) is 0 Å². The zero-order valence-corrected chi connectivity index (χ0v) is 13.4. The number of thioether (sulfide) groups is 1. The standard InChI is InChI=1S/C15H15F2N3O3S/c16-14(17)24-12-10(4-3-7-19-12)13(22)23-8-11(21)20-15(9-18)5-1-2-6-15/h3-4,7,14H,1-2,5-6,8H2,(H,20,21).